The Balaban J connectivity index is 3.67. The first-order valence-electron chi connectivity index (χ1n) is 6.71. The summed E-state index contributed by atoms with van der Waals surface area (Å²) >= 11 is 0. The molecule has 0 saturated carbocycles. The number of esters is 3. The highest BCUT2D eigenvalue weighted by Gasteiger charge is 2.04. The molecule has 118 valence electrons. The van der Waals surface area contributed by atoms with Crippen LogP contribution in [0.5, 0.6) is 0 Å². The van der Waals surface area contributed by atoms with Crippen LogP contribution in [-0.2, 0) is 28.6 Å². The second-order valence-electron chi connectivity index (χ2n) is 4.61. The van der Waals surface area contributed by atoms with Crippen molar-refractivity contribution in [3.8, 4) is 0 Å². The zero-order chi connectivity index (χ0) is 16.3. The van der Waals surface area contributed by atoms with Gasteiger partial charge in [-0.1, -0.05) is 6.58 Å². The maximum atomic E-state index is 11.2. The van der Waals surface area contributed by atoms with Crippen LogP contribution >= 0.6 is 0 Å². The van der Waals surface area contributed by atoms with Crippen molar-refractivity contribution in [2.75, 3.05) is 13.2 Å². The van der Waals surface area contributed by atoms with Gasteiger partial charge in [0.1, 0.15) is 0 Å². The molecule has 0 N–H and O–H groups in total. The van der Waals surface area contributed by atoms with E-state index in [2.05, 4.69) is 6.58 Å². The number of unbranched alkanes of at least 4 members (excludes halogenated alkanes) is 1. The van der Waals surface area contributed by atoms with Gasteiger partial charge in [-0.05, 0) is 33.6 Å². The molecule has 0 rings (SSSR count). The van der Waals surface area contributed by atoms with Crippen molar-refractivity contribution in [3.63, 3.8) is 0 Å². The number of carbonyl (C=O) groups is 3. The summed E-state index contributed by atoms with van der Waals surface area (Å²) in [6.45, 7) is 8.89. The van der Waals surface area contributed by atoms with Gasteiger partial charge in [-0.25, -0.2) is 14.4 Å². The van der Waals surface area contributed by atoms with E-state index in [4.69, 9.17) is 14.2 Å². The van der Waals surface area contributed by atoms with Crippen LogP contribution in [0.4, 0.5) is 0 Å². The van der Waals surface area contributed by atoms with Crippen molar-refractivity contribution in [1.82, 2.24) is 0 Å². The van der Waals surface area contributed by atoms with Crippen LogP contribution < -0.4 is 0 Å². The standard InChI is InChI=1S/C15H22O6/c1-11(2)15(18)20-10-6-5-9-19-13(16)7-8-14(17)21-12(3)4/h7-8,12H,1,5-6,9-10H2,2-4H3/b8-7+. The Kier molecular flexibility index (Phi) is 9.58. The molecule has 0 bridgehead atoms. The van der Waals surface area contributed by atoms with E-state index < -0.39 is 17.9 Å². The smallest absolute Gasteiger partial charge is 0.333 e. The SMILES string of the molecule is C=C(C)C(=O)OCCCCOC(=O)/C=C/C(=O)OC(C)C. The van der Waals surface area contributed by atoms with Gasteiger partial charge in [-0.2, -0.15) is 0 Å². The molecule has 0 amide bonds. The Bertz CT molecular complexity index is 408. The third kappa shape index (κ3) is 11.4. The van der Waals surface area contributed by atoms with Crippen LogP contribution in [0.3, 0.4) is 0 Å². The molecule has 0 aliphatic rings. The predicted octanol–water partition coefficient (Wildman–Crippen LogP) is 1.94. The summed E-state index contributed by atoms with van der Waals surface area (Å²) in [5.74, 6) is -1.64. The molecule has 0 aromatic carbocycles. The minimum Gasteiger partial charge on any atom is -0.463 e. The lowest BCUT2D eigenvalue weighted by molar-refractivity contribution is -0.142. The molecule has 0 aliphatic heterocycles. The van der Waals surface area contributed by atoms with Gasteiger partial charge in [0.2, 0.25) is 0 Å². The lowest BCUT2D eigenvalue weighted by Crippen LogP contribution is -2.10. The number of hydrogen-bond donors (Lipinski definition) is 0. The van der Waals surface area contributed by atoms with Crippen molar-refractivity contribution >= 4 is 17.9 Å². The molecular formula is C15H22O6. The third-order valence-corrected chi connectivity index (χ3v) is 2.07. The van der Waals surface area contributed by atoms with Gasteiger partial charge in [0.05, 0.1) is 19.3 Å². The van der Waals surface area contributed by atoms with Crippen LogP contribution in [0.2, 0.25) is 0 Å². The fourth-order valence-corrected chi connectivity index (χ4v) is 1.12. The van der Waals surface area contributed by atoms with E-state index in [0.717, 1.165) is 12.2 Å². The van der Waals surface area contributed by atoms with Crippen LogP contribution in [-0.4, -0.2) is 37.2 Å². The first-order chi connectivity index (χ1) is 9.82. The quantitative estimate of drug-likeness (QED) is 0.280. The van der Waals surface area contributed by atoms with Gasteiger partial charge < -0.3 is 14.2 Å². The molecule has 0 spiro atoms. The lowest BCUT2D eigenvalue weighted by Gasteiger charge is -2.05. The van der Waals surface area contributed by atoms with E-state index in [1.807, 2.05) is 0 Å². The molecule has 0 aliphatic carbocycles. The molecule has 6 heteroatoms. The van der Waals surface area contributed by atoms with Crippen LogP contribution in [0, 0.1) is 0 Å². The second-order valence-corrected chi connectivity index (χ2v) is 4.61. The van der Waals surface area contributed by atoms with Crippen molar-refractivity contribution in [2.24, 2.45) is 0 Å². The summed E-state index contributed by atoms with van der Waals surface area (Å²) in [6, 6.07) is 0. The maximum Gasteiger partial charge on any atom is 0.333 e. The molecule has 0 aromatic heterocycles. The van der Waals surface area contributed by atoms with Crippen LogP contribution in [0.15, 0.2) is 24.3 Å². The zero-order valence-corrected chi connectivity index (χ0v) is 12.7. The summed E-state index contributed by atoms with van der Waals surface area (Å²) in [4.78, 5) is 33.4. The second kappa shape index (κ2) is 10.7. The number of hydrogen-bond acceptors (Lipinski definition) is 6. The van der Waals surface area contributed by atoms with Gasteiger partial charge >= 0.3 is 17.9 Å². The Labute approximate surface area is 124 Å². The minimum atomic E-state index is -0.616. The summed E-state index contributed by atoms with van der Waals surface area (Å²) in [6.07, 6.45) is 2.94. The minimum absolute atomic E-state index is 0.188. The number of ether oxygens (including phenoxy) is 3. The zero-order valence-electron chi connectivity index (χ0n) is 12.7. The van der Waals surface area contributed by atoms with E-state index in [1.165, 1.54) is 0 Å². The van der Waals surface area contributed by atoms with E-state index in [-0.39, 0.29) is 19.3 Å². The lowest BCUT2D eigenvalue weighted by atomic mass is 10.3. The van der Waals surface area contributed by atoms with E-state index >= 15 is 0 Å². The van der Waals surface area contributed by atoms with Crippen molar-refractivity contribution in [1.29, 1.82) is 0 Å². The number of carbonyl (C=O) groups excluding carboxylic acids is 3. The fraction of sp³-hybridized carbons (Fsp3) is 0.533. The molecule has 0 radical (unpaired) electrons. The monoisotopic (exact) mass is 298 g/mol. The first-order valence-corrected chi connectivity index (χ1v) is 6.71. The molecule has 0 heterocycles. The maximum absolute atomic E-state index is 11.2. The Morgan fingerprint density at radius 2 is 1.52 bits per heavy atom. The van der Waals surface area contributed by atoms with E-state index in [1.54, 1.807) is 20.8 Å². The Hall–Kier alpha value is -2.11. The molecule has 0 aromatic rings. The highest BCUT2D eigenvalue weighted by Crippen LogP contribution is 1.97. The average molecular weight is 298 g/mol. The summed E-state index contributed by atoms with van der Waals surface area (Å²) < 4.78 is 14.5. The first kappa shape index (κ1) is 18.9. The van der Waals surface area contributed by atoms with Crippen molar-refractivity contribution in [2.45, 2.75) is 39.7 Å². The molecular weight excluding hydrogens is 276 g/mol. The predicted molar refractivity (Wildman–Crippen MR) is 76.3 cm³/mol. The Morgan fingerprint density at radius 1 is 1.00 bits per heavy atom. The van der Waals surface area contributed by atoms with E-state index in [0.29, 0.717) is 18.4 Å². The van der Waals surface area contributed by atoms with Gasteiger partial charge in [0, 0.05) is 17.7 Å². The molecule has 21 heavy (non-hydrogen) atoms. The molecule has 0 unspecified atom stereocenters. The topological polar surface area (TPSA) is 78.9 Å². The third-order valence-electron chi connectivity index (χ3n) is 2.07. The van der Waals surface area contributed by atoms with Crippen LogP contribution in [0.1, 0.15) is 33.6 Å². The summed E-state index contributed by atoms with van der Waals surface area (Å²) in [7, 11) is 0. The average Bonchev–Trinajstić information content (AvgIpc) is 2.39. The number of rotatable bonds is 9. The normalized spacial score (nSPS) is 10.5. The van der Waals surface area contributed by atoms with Crippen molar-refractivity contribution < 1.29 is 28.6 Å². The fourth-order valence-electron chi connectivity index (χ4n) is 1.12. The van der Waals surface area contributed by atoms with Gasteiger partial charge in [-0.3, -0.25) is 0 Å². The van der Waals surface area contributed by atoms with Crippen molar-refractivity contribution in [3.05, 3.63) is 24.3 Å². The van der Waals surface area contributed by atoms with E-state index in [9.17, 15) is 14.4 Å². The van der Waals surface area contributed by atoms with Gasteiger partial charge in [-0.15, -0.1) is 0 Å². The van der Waals surface area contributed by atoms with Gasteiger partial charge in [0.25, 0.3) is 0 Å². The molecule has 0 fully saturated rings. The highest BCUT2D eigenvalue weighted by molar-refractivity contribution is 5.91. The largest absolute Gasteiger partial charge is 0.463 e. The molecule has 0 saturated heterocycles. The highest BCUT2D eigenvalue weighted by atomic mass is 16.5. The summed E-state index contributed by atoms with van der Waals surface area (Å²) in [5, 5.41) is 0. The Morgan fingerprint density at radius 3 is 2.05 bits per heavy atom. The molecule has 0 atom stereocenters. The summed E-state index contributed by atoms with van der Waals surface area (Å²) in [5.41, 5.74) is 0.347. The van der Waals surface area contributed by atoms with Crippen LogP contribution in [0.25, 0.3) is 0 Å². The molecule has 6 nitrogen and oxygen atoms in total. The van der Waals surface area contributed by atoms with Gasteiger partial charge in [0.15, 0.2) is 0 Å².